The molecule has 0 radical (unpaired) electrons. The molecule has 0 aliphatic carbocycles. The highest BCUT2D eigenvalue weighted by molar-refractivity contribution is 5.98. The van der Waals surface area contributed by atoms with E-state index >= 15 is 0 Å². The van der Waals surface area contributed by atoms with Gasteiger partial charge in [-0.25, -0.2) is 14.6 Å². The van der Waals surface area contributed by atoms with Gasteiger partial charge in [-0.2, -0.15) is 5.10 Å². The zero-order chi connectivity index (χ0) is 27.5. The maximum Gasteiger partial charge on any atom is 0.170 e. The quantitative estimate of drug-likeness (QED) is 0.233. The van der Waals surface area contributed by atoms with Crippen LogP contribution in [0.4, 0.5) is 5.69 Å². The first-order valence-corrected chi connectivity index (χ1v) is 13.8. The molecule has 200 valence electrons. The van der Waals surface area contributed by atoms with E-state index < -0.39 is 0 Å². The molecule has 0 unspecified atom stereocenters. The summed E-state index contributed by atoms with van der Waals surface area (Å²) in [5.41, 5.74) is 6.18. The molecule has 0 N–H and O–H groups in total. The molecular formula is C33H31N5O2. The third-order valence-electron chi connectivity index (χ3n) is 7.76. The molecule has 3 heterocycles. The first-order valence-electron chi connectivity index (χ1n) is 13.8. The molecule has 0 saturated carbocycles. The number of carbonyl (C=O) groups is 2. The molecule has 0 amide bonds. The number of nitrogens with zero attached hydrogens (tertiary/aromatic N) is 5. The number of hydrogen-bond donors (Lipinski definition) is 0. The monoisotopic (exact) mass is 529 g/mol. The van der Waals surface area contributed by atoms with E-state index in [4.69, 9.17) is 0 Å². The maximum absolute atomic E-state index is 13.0. The lowest BCUT2D eigenvalue weighted by Crippen LogP contribution is -2.32. The number of hydrogen-bond acceptors (Lipinski definition) is 6. The van der Waals surface area contributed by atoms with Crippen LogP contribution in [0.3, 0.4) is 0 Å². The average Bonchev–Trinajstić information content (AvgIpc) is 3.42. The van der Waals surface area contributed by atoms with E-state index in [-0.39, 0.29) is 18.0 Å². The summed E-state index contributed by atoms with van der Waals surface area (Å²) in [7, 11) is 0. The van der Waals surface area contributed by atoms with Crippen LogP contribution in [0.1, 0.15) is 51.6 Å². The van der Waals surface area contributed by atoms with Gasteiger partial charge in [-0.1, -0.05) is 25.1 Å². The van der Waals surface area contributed by atoms with Crippen LogP contribution in [0.2, 0.25) is 0 Å². The van der Waals surface area contributed by atoms with Gasteiger partial charge in [-0.3, -0.25) is 9.59 Å². The Kier molecular flexibility index (Phi) is 7.19. The van der Waals surface area contributed by atoms with E-state index in [1.807, 2.05) is 65.5 Å². The van der Waals surface area contributed by atoms with E-state index in [9.17, 15) is 9.59 Å². The first-order chi connectivity index (χ1) is 19.5. The molecule has 1 aliphatic rings. The van der Waals surface area contributed by atoms with Crippen molar-refractivity contribution in [2.45, 2.75) is 32.6 Å². The Morgan fingerprint density at radius 2 is 1.38 bits per heavy atom. The molecular weight excluding hydrogens is 498 g/mol. The molecule has 0 atom stereocenters. The van der Waals surface area contributed by atoms with Crippen LogP contribution in [-0.4, -0.2) is 44.4 Å². The average molecular weight is 530 g/mol. The highest BCUT2D eigenvalue weighted by Crippen LogP contribution is 2.25. The summed E-state index contributed by atoms with van der Waals surface area (Å²) < 4.78 is 1.87. The van der Waals surface area contributed by atoms with Crippen molar-refractivity contribution in [2.75, 3.05) is 18.0 Å². The number of ketones is 2. The van der Waals surface area contributed by atoms with Crippen molar-refractivity contribution in [3.8, 4) is 5.69 Å². The van der Waals surface area contributed by atoms with E-state index in [0.29, 0.717) is 12.0 Å². The predicted octanol–water partition coefficient (Wildman–Crippen LogP) is 5.90. The lowest BCUT2D eigenvalue weighted by Gasteiger charge is -2.32. The summed E-state index contributed by atoms with van der Waals surface area (Å²) in [5, 5.41) is 5.56. The summed E-state index contributed by atoms with van der Waals surface area (Å²) >= 11 is 0. The van der Waals surface area contributed by atoms with Crippen LogP contribution in [0.25, 0.3) is 16.6 Å². The molecule has 2 aromatic heterocycles. The molecule has 3 aromatic carbocycles. The fourth-order valence-corrected chi connectivity index (χ4v) is 5.30. The molecule has 7 nitrogen and oxygen atoms in total. The number of anilines is 1. The Morgan fingerprint density at radius 3 is 2.10 bits per heavy atom. The van der Waals surface area contributed by atoms with Gasteiger partial charge in [-0.15, -0.1) is 0 Å². The van der Waals surface area contributed by atoms with Crippen molar-refractivity contribution in [1.82, 2.24) is 19.7 Å². The fourth-order valence-electron chi connectivity index (χ4n) is 5.30. The third-order valence-corrected chi connectivity index (χ3v) is 7.76. The Hall–Kier alpha value is -4.65. The van der Waals surface area contributed by atoms with Gasteiger partial charge in [0.05, 0.1) is 23.0 Å². The number of fused-ring (bicyclic) bond motifs is 1. The number of carbonyl (C=O) groups excluding carboxylic acids is 2. The standard InChI is InChI=1S/C33H31N5O2/c1-23-12-14-37(15-13-23)29-9-5-26(6-10-29)32(39)18-25-4-11-31-27(16-25)21-36-38(31)30-7-2-24(3-8-30)17-33(40)28-19-34-22-35-20-28/h2-11,16,19-23H,12-15,17-18H2,1H3. The molecule has 6 rings (SSSR count). The lowest BCUT2D eigenvalue weighted by molar-refractivity contribution is 0.0984. The summed E-state index contributed by atoms with van der Waals surface area (Å²) in [6.07, 6.45) is 9.37. The molecule has 1 fully saturated rings. The minimum absolute atomic E-state index is 0.0208. The van der Waals surface area contributed by atoms with Crippen molar-refractivity contribution >= 4 is 28.2 Å². The molecule has 1 saturated heterocycles. The third kappa shape index (κ3) is 5.54. The van der Waals surface area contributed by atoms with Crippen LogP contribution in [0.15, 0.2) is 91.6 Å². The number of benzene rings is 3. The van der Waals surface area contributed by atoms with Gasteiger partial charge in [0.1, 0.15) is 6.33 Å². The van der Waals surface area contributed by atoms with Gasteiger partial charge in [-0.05, 0) is 78.4 Å². The van der Waals surface area contributed by atoms with Gasteiger partial charge < -0.3 is 4.90 Å². The lowest BCUT2D eigenvalue weighted by atomic mass is 9.98. The second kappa shape index (κ2) is 11.2. The van der Waals surface area contributed by atoms with Gasteiger partial charge in [0, 0.05) is 55.0 Å². The Labute approximate surface area is 233 Å². The Morgan fingerprint density at radius 1 is 0.750 bits per heavy atom. The van der Waals surface area contributed by atoms with Gasteiger partial charge >= 0.3 is 0 Å². The van der Waals surface area contributed by atoms with Crippen LogP contribution in [0.5, 0.6) is 0 Å². The van der Waals surface area contributed by atoms with Gasteiger partial charge in [0.25, 0.3) is 0 Å². The number of piperidine rings is 1. The predicted molar refractivity (Wildman–Crippen MR) is 156 cm³/mol. The van der Waals surface area contributed by atoms with Crippen molar-refractivity contribution in [2.24, 2.45) is 5.92 Å². The van der Waals surface area contributed by atoms with E-state index in [1.54, 1.807) is 0 Å². The van der Waals surface area contributed by atoms with E-state index in [0.717, 1.165) is 52.3 Å². The summed E-state index contributed by atoms with van der Waals surface area (Å²) in [6.45, 7) is 4.47. The maximum atomic E-state index is 13.0. The minimum atomic E-state index is -0.0208. The normalized spacial score (nSPS) is 14.0. The second-order valence-corrected chi connectivity index (χ2v) is 10.7. The van der Waals surface area contributed by atoms with Crippen molar-refractivity contribution in [1.29, 1.82) is 0 Å². The molecule has 7 heteroatoms. The summed E-state index contributed by atoms with van der Waals surface area (Å²) in [6, 6.07) is 21.9. The molecule has 0 spiro atoms. The first kappa shape index (κ1) is 25.6. The van der Waals surface area contributed by atoms with Crippen molar-refractivity contribution in [3.63, 3.8) is 0 Å². The van der Waals surface area contributed by atoms with Crippen LogP contribution < -0.4 is 4.90 Å². The highest BCUT2D eigenvalue weighted by atomic mass is 16.1. The Balaban J connectivity index is 1.11. The summed E-state index contributed by atoms with van der Waals surface area (Å²) in [5.74, 6) is 0.880. The van der Waals surface area contributed by atoms with E-state index in [1.165, 1.54) is 37.3 Å². The van der Waals surface area contributed by atoms with Gasteiger partial charge in [0.2, 0.25) is 0 Å². The van der Waals surface area contributed by atoms with Crippen molar-refractivity contribution in [3.05, 3.63) is 114 Å². The van der Waals surface area contributed by atoms with Crippen LogP contribution >= 0.6 is 0 Å². The van der Waals surface area contributed by atoms with Crippen LogP contribution in [0, 0.1) is 5.92 Å². The SMILES string of the molecule is CC1CCN(c2ccc(C(=O)Cc3ccc4c(cnn4-c4ccc(CC(=O)c5cncnc5)cc4)c3)cc2)CC1. The van der Waals surface area contributed by atoms with Gasteiger partial charge in [0.15, 0.2) is 11.6 Å². The van der Waals surface area contributed by atoms with Crippen LogP contribution in [-0.2, 0) is 12.8 Å². The Bertz CT molecular complexity index is 1630. The second-order valence-electron chi connectivity index (χ2n) is 10.7. The zero-order valence-corrected chi connectivity index (χ0v) is 22.5. The topological polar surface area (TPSA) is 81.0 Å². The fraction of sp³-hybridized carbons (Fsp3) is 0.242. The number of Topliss-reactive ketones (excluding diaryl/α,β-unsaturated/α-hetero) is 2. The van der Waals surface area contributed by atoms with Crippen molar-refractivity contribution < 1.29 is 9.59 Å². The minimum Gasteiger partial charge on any atom is -0.372 e. The molecule has 5 aromatic rings. The summed E-state index contributed by atoms with van der Waals surface area (Å²) in [4.78, 5) is 35.8. The number of rotatable bonds is 8. The zero-order valence-electron chi connectivity index (χ0n) is 22.5. The highest BCUT2D eigenvalue weighted by Gasteiger charge is 2.17. The molecule has 0 bridgehead atoms. The largest absolute Gasteiger partial charge is 0.372 e. The molecule has 1 aliphatic heterocycles. The number of aromatic nitrogens is 4. The molecule has 40 heavy (non-hydrogen) atoms. The van der Waals surface area contributed by atoms with E-state index in [2.05, 4.69) is 39.0 Å². The smallest absolute Gasteiger partial charge is 0.170 e.